The van der Waals surface area contributed by atoms with E-state index in [-0.39, 0.29) is 12.5 Å². The Morgan fingerprint density at radius 2 is 2.37 bits per heavy atom. The zero-order chi connectivity index (χ0) is 13.7. The highest BCUT2D eigenvalue weighted by molar-refractivity contribution is 7.12. The van der Waals surface area contributed by atoms with E-state index in [0.29, 0.717) is 5.69 Å². The Morgan fingerprint density at radius 1 is 1.53 bits per heavy atom. The molecule has 0 atom stereocenters. The fraction of sp³-hybridized carbons (Fsp3) is 0.143. The summed E-state index contributed by atoms with van der Waals surface area (Å²) in [4.78, 5) is 16.8. The zero-order valence-electron chi connectivity index (χ0n) is 10.5. The van der Waals surface area contributed by atoms with E-state index in [0.717, 1.165) is 15.4 Å². The van der Waals surface area contributed by atoms with Crippen LogP contribution in [0.3, 0.4) is 0 Å². The van der Waals surface area contributed by atoms with Gasteiger partial charge in [-0.25, -0.2) is 4.98 Å². The number of anilines is 1. The maximum Gasteiger partial charge on any atom is 0.248 e. The molecule has 4 nitrogen and oxygen atoms in total. The number of nitrogens with zero attached hydrogens (tertiary/aromatic N) is 1. The number of hydrogen-bond acceptors (Lipinski definition) is 4. The van der Waals surface area contributed by atoms with Gasteiger partial charge in [0.25, 0.3) is 0 Å². The Hall–Kier alpha value is -1.98. The van der Waals surface area contributed by atoms with Crippen LogP contribution in [0.4, 0.5) is 5.69 Å². The Morgan fingerprint density at radius 3 is 3.05 bits per heavy atom. The standard InChI is InChI=1S/C14H14N2O2S/c1-10-15-8-13(19-10)5-6-14(18)16-12-4-2-3-11(7-12)9-17/h2-8,17H,9H2,1H3,(H,16,18)/b6-5+. The van der Waals surface area contributed by atoms with Crippen LogP contribution in [0.15, 0.2) is 36.5 Å². The average molecular weight is 274 g/mol. The fourth-order valence-electron chi connectivity index (χ4n) is 1.54. The number of benzene rings is 1. The number of thiazole rings is 1. The molecule has 0 aliphatic carbocycles. The van der Waals surface area contributed by atoms with E-state index in [2.05, 4.69) is 10.3 Å². The van der Waals surface area contributed by atoms with Crippen molar-refractivity contribution in [3.63, 3.8) is 0 Å². The van der Waals surface area contributed by atoms with Crippen molar-refractivity contribution in [3.05, 3.63) is 52.0 Å². The van der Waals surface area contributed by atoms with E-state index in [4.69, 9.17) is 5.11 Å². The second-order valence-electron chi connectivity index (χ2n) is 3.96. The summed E-state index contributed by atoms with van der Waals surface area (Å²) < 4.78 is 0. The molecule has 0 saturated heterocycles. The van der Waals surface area contributed by atoms with E-state index in [1.165, 1.54) is 17.4 Å². The van der Waals surface area contributed by atoms with Crippen LogP contribution < -0.4 is 5.32 Å². The van der Waals surface area contributed by atoms with E-state index in [1.807, 2.05) is 6.92 Å². The quantitative estimate of drug-likeness (QED) is 0.842. The molecule has 5 heteroatoms. The molecule has 1 aromatic heterocycles. The highest BCUT2D eigenvalue weighted by Crippen LogP contribution is 2.14. The van der Waals surface area contributed by atoms with Gasteiger partial charge in [-0.1, -0.05) is 12.1 Å². The van der Waals surface area contributed by atoms with Gasteiger partial charge in [0.05, 0.1) is 11.6 Å². The molecule has 1 heterocycles. The number of aliphatic hydroxyl groups excluding tert-OH is 1. The number of carbonyl (C=O) groups excluding carboxylic acids is 1. The molecule has 0 saturated carbocycles. The minimum atomic E-state index is -0.207. The predicted molar refractivity (Wildman–Crippen MR) is 76.9 cm³/mol. The third-order valence-electron chi connectivity index (χ3n) is 2.42. The molecule has 0 fully saturated rings. The van der Waals surface area contributed by atoms with Crippen molar-refractivity contribution >= 4 is 29.0 Å². The number of carbonyl (C=O) groups is 1. The lowest BCUT2D eigenvalue weighted by Crippen LogP contribution is -2.07. The van der Waals surface area contributed by atoms with E-state index >= 15 is 0 Å². The molecule has 0 aliphatic rings. The first kappa shape index (κ1) is 13.5. The summed E-state index contributed by atoms with van der Waals surface area (Å²) in [5, 5.41) is 12.7. The zero-order valence-corrected chi connectivity index (χ0v) is 11.3. The van der Waals surface area contributed by atoms with Gasteiger partial charge in [-0.05, 0) is 30.7 Å². The molecule has 0 radical (unpaired) electrons. The molecule has 0 spiro atoms. The molecule has 98 valence electrons. The van der Waals surface area contributed by atoms with Crippen molar-refractivity contribution in [1.82, 2.24) is 4.98 Å². The topological polar surface area (TPSA) is 62.2 Å². The lowest BCUT2D eigenvalue weighted by Gasteiger charge is -2.03. The highest BCUT2D eigenvalue weighted by Gasteiger charge is 2.00. The molecule has 1 amide bonds. The minimum absolute atomic E-state index is 0.0420. The molecular formula is C14H14N2O2S. The van der Waals surface area contributed by atoms with Crippen LogP contribution in [0.5, 0.6) is 0 Å². The number of aromatic nitrogens is 1. The Bertz CT molecular complexity index is 605. The lowest BCUT2D eigenvalue weighted by atomic mass is 10.2. The molecular weight excluding hydrogens is 260 g/mol. The van der Waals surface area contributed by atoms with Crippen molar-refractivity contribution in [2.24, 2.45) is 0 Å². The maximum absolute atomic E-state index is 11.7. The molecule has 2 N–H and O–H groups in total. The SMILES string of the molecule is Cc1ncc(/C=C/C(=O)Nc2cccc(CO)c2)s1. The van der Waals surface area contributed by atoms with Gasteiger partial charge in [0.1, 0.15) is 0 Å². The summed E-state index contributed by atoms with van der Waals surface area (Å²) in [6, 6.07) is 7.10. The monoisotopic (exact) mass is 274 g/mol. The highest BCUT2D eigenvalue weighted by atomic mass is 32.1. The van der Waals surface area contributed by atoms with Gasteiger partial charge in [-0.2, -0.15) is 0 Å². The number of nitrogens with one attached hydrogen (secondary N) is 1. The minimum Gasteiger partial charge on any atom is -0.392 e. The summed E-state index contributed by atoms with van der Waals surface area (Å²) in [6.45, 7) is 1.88. The lowest BCUT2D eigenvalue weighted by molar-refractivity contribution is -0.111. The van der Waals surface area contributed by atoms with Gasteiger partial charge in [-0.3, -0.25) is 4.79 Å². The second-order valence-corrected chi connectivity index (χ2v) is 5.23. The van der Waals surface area contributed by atoms with Crippen LogP contribution in [0.25, 0.3) is 6.08 Å². The smallest absolute Gasteiger partial charge is 0.248 e. The molecule has 2 aromatic rings. The second kappa shape index (κ2) is 6.26. The molecule has 0 bridgehead atoms. The number of aryl methyl sites for hydroxylation is 1. The Balaban J connectivity index is 1.99. The molecule has 2 rings (SSSR count). The number of aliphatic hydroxyl groups is 1. The van der Waals surface area contributed by atoms with Crippen molar-refractivity contribution in [3.8, 4) is 0 Å². The van der Waals surface area contributed by atoms with Crippen molar-refractivity contribution < 1.29 is 9.90 Å². The normalized spacial score (nSPS) is 10.8. The number of hydrogen-bond donors (Lipinski definition) is 2. The van der Waals surface area contributed by atoms with Crippen LogP contribution in [0.1, 0.15) is 15.4 Å². The maximum atomic E-state index is 11.7. The molecule has 19 heavy (non-hydrogen) atoms. The van der Waals surface area contributed by atoms with Crippen LogP contribution in [0.2, 0.25) is 0 Å². The average Bonchev–Trinajstić information content (AvgIpc) is 2.82. The van der Waals surface area contributed by atoms with Gasteiger partial charge in [-0.15, -0.1) is 11.3 Å². The van der Waals surface area contributed by atoms with Crippen molar-refractivity contribution in [2.45, 2.75) is 13.5 Å². The van der Waals surface area contributed by atoms with Gasteiger partial charge in [0.2, 0.25) is 5.91 Å². The fourth-order valence-corrected chi connectivity index (χ4v) is 2.23. The van der Waals surface area contributed by atoms with Crippen LogP contribution in [0, 0.1) is 6.92 Å². The number of amides is 1. The molecule has 0 aliphatic heterocycles. The van der Waals surface area contributed by atoms with Gasteiger partial charge >= 0.3 is 0 Å². The summed E-state index contributed by atoms with van der Waals surface area (Å²) in [5.41, 5.74) is 1.43. The van der Waals surface area contributed by atoms with Gasteiger partial charge < -0.3 is 10.4 Å². The van der Waals surface area contributed by atoms with E-state index in [1.54, 1.807) is 36.5 Å². The Labute approximate surface area is 115 Å². The van der Waals surface area contributed by atoms with Gasteiger partial charge in [0.15, 0.2) is 0 Å². The summed E-state index contributed by atoms with van der Waals surface area (Å²) in [7, 11) is 0. The first-order chi connectivity index (χ1) is 9.17. The van der Waals surface area contributed by atoms with Crippen LogP contribution in [-0.2, 0) is 11.4 Å². The van der Waals surface area contributed by atoms with E-state index in [9.17, 15) is 4.79 Å². The predicted octanol–water partition coefficient (Wildman–Crippen LogP) is 2.60. The Kier molecular flexibility index (Phi) is 4.43. The molecule has 0 unspecified atom stereocenters. The van der Waals surface area contributed by atoms with Crippen LogP contribution >= 0.6 is 11.3 Å². The number of rotatable bonds is 4. The summed E-state index contributed by atoms with van der Waals surface area (Å²) >= 11 is 1.53. The van der Waals surface area contributed by atoms with Crippen molar-refractivity contribution in [2.75, 3.05) is 5.32 Å². The third-order valence-corrected chi connectivity index (χ3v) is 3.29. The van der Waals surface area contributed by atoms with E-state index < -0.39 is 0 Å². The van der Waals surface area contributed by atoms with Crippen LogP contribution in [-0.4, -0.2) is 16.0 Å². The first-order valence-electron chi connectivity index (χ1n) is 5.78. The summed E-state index contributed by atoms with van der Waals surface area (Å²) in [6.07, 6.45) is 4.94. The molecule has 1 aromatic carbocycles. The first-order valence-corrected chi connectivity index (χ1v) is 6.60. The van der Waals surface area contributed by atoms with Crippen molar-refractivity contribution in [1.29, 1.82) is 0 Å². The largest absolute Gasteiger partial charge is 0.392 e. The third kappa shape index (κ3) is 4.01. The van der Waals surface area contributed by atoms with Gasteiger partial charge in [0, 0.05) is 22.8 Å². The summed E-state index contributed by atoms with van der Waals surface area (Å²) in [5.74, 6) is -0.207.